The Hall–Kier alpha value is -0.840. The quantitative estimate of drug-likeness (QED) is 0.779. The molecule has 16 heavy (non-hydrogen) atoms. The highest BCUT2D eigenvalue weighted by atomic mass is 32.2. The number of anilines is 1. The third-order valence-corrected chi connectivity index (χ3v) is 3.15. The number of aromatic nitrogens is 2. The molecule has 1 aromatic rings. The van der Waals surface area contributed by atoms with Gasteiger partial charge in [0, 0.05) is 6.54 Å². The first-order valence-corrected chi connectivity index (χ1v) is 6.69. The summed E-state index contributed by atoms with van der Waals surface area (Å²) in [6.45, 7) is 6.39. The van der Waals surface area contributed by atoms with Crippen LogP contribution in [0.1, 0.15) is 31.8 Å². The third kappa shape index (κ3) is 3.63. The van der Waals surface area contributed by atoms with Crippen LogP contribution >= 0.6 is 11.8 Å². The van der Waals surface area contributed by atoms with Gasteiger partial charge in [0.1, 0.15) is 5.82 Å². The number of hydrogen-bond acceptors (Lipinski definition) is 4. The lowest BCUT2D eigenvalue weighted by molar-refractivity contribution is 0.602. The van der Waals surface area contributed by atoms with E-state index in [0.29, 0.717) is 23.9 Å². The molecular formula is C11H18FN3S. The smallest absolute Gasteiger partial charge is 0.186 e. The summed E-state index contributed by atoms with van der Waals surface area (Å²) in [6.07, 6.45) is 1.13. The number of thioether (sulfide) groups is 1. The van der Waals surface area contributed by atoms with E-state index in [4.69, 9.17) is 0 Å². The molecule has 0 bridgehead atoms. The average molecular weight is 243 g/mol. The maximum Gasteiger partial charge on any atom is 0.186 e. The van der Waals surface area contributed by atoms with Gasteiger partial charge in [0.15, 0.2) is 11.6 Å². The van der Waals surface area contributed by atoms with E-state index in [-0.39, 0.29) is 5.82 Å². The lowest BCUT2D eigenvalue weighted by Gasteiger charge is -2.08. The van der Waals surface area contributed by atoms with Gasteiger partial charge in [-0.3, -0.25) is 0 Å². The van der Waals surface area contributed by atoms with E-state index in [9.17, 15) is 4.39 Å². The average Bonchev–Trinajstić information content (AvgIpc) is 2.26. The van der Waals surface area contributed by atoms with Crippen LogP contribution < -0.4 is 5.32 Å². The zero-order chi connectivity index (χ0) is 12.0. The van der Waals surface area contributed by atoms with Crippen LogP contribution in [0.15, 0.2) is 0 Å². The fourth-order valence-electron chi connectivity index (χ4n) is 1.27. The molecule has 0 atom stereocenters. The van der Waals surface area contributed by atoms with Crippen LogP contribution in [0.25, 0.3) is 0 Å². The molecule has 1 rings (SSSR count). The predicted molar refractivity (Wildman–Crippen MR) is 67.3 cm³/mol. The standard InChI is InChI=1S/C11H18FN3S/c1-4-6-16-7-9-14-8(3)10(12)11(15-9)13-5-2/h4-7H2,1-3H3,(H,13,14,15). The lowest BCUT2D eigenvalue weighted by atomic mass is 10.4. The van der Waals surface area contributed by atoms with Crippen molar-refractivity contribution < 1.29 is 4.39 Å². The molecule has 1 heterocycles. The number of rotatable bonds is 6. The highest BCUT2D eigenvalue weighted by Gasteiger charge is 2.10. The van der Waals surface area contributed by atoms with Crippen LogP contribution in [0, 0.1) is 12.7 Å². The van der Waals surface area contributed by atoms with E-state index in [2.05, 4.69) is 22.2 Å². The van der Waals surface area contributed by atoms with Gasteiger partial charge in [-0.05, 0) is 26.0 Å². The van der Waals surface area contributed by atoms with Crippen molar-refractivity contribution in [3.63, 3.8) is 0 Å². The van der Waals surface area contributed by atoms with Gasteiger partial charge in [-0.1, -0.05) is 6.92 Å². The Kier molecular flexibility index (Phi) is 5.52. The van der Waals surface area contributed by atoms with Crippen molar-refractivity contribution in [2.45, 2.75) is 32.9 Å². The Morgan fingerprint density at radius 1 is 1.31 bits per heavy atom. The molecular weight excluding hydrogens is 225 g/mol. The lowest BCUT2D eigenvalue weighted by Crippen LogP contribution is -2.08. The Morgan fingerprint density at radius 2 is 2.06 bits per heavy atom. The molecule has 0 fully saturated rings. The van der Waals surface area contributed by atoms with Crippen molar-refractivity contribution in [1.29, 1.82) is 0 Å². The molecule has 90 valence electrons. The Morgan fingerprint density at radius 3 is 2.69 bits per heavy atom. The third-order valence-electron chi connectivity index (χ3n) is 1.99. The van der Waals surface area contributed by atoms with Gasteiger partial charge < -0.3 is 5.32 Å². The van der Waals surface area contributed by atoms with Gasteiger partial charge in [-0.25, -0.2) is 14.4 Å². The summed E-state index contributed by atoms with van der Waals surface area (Å²) in [4.78, 5) is 8.32. The van der Waals surface area contributed by atoms with Gasteiger partial charge in [0.2, 0.25) is 0 Å². The van der Waals surface area contributed by atoms with Crippen molar-refractivity contribution in [1.82, 2.24) is 9.97 Å². The number of nitrogens with one attached hydrogen (secondary N) is 1. The summed E-state index contributed by atoms with van der Waals surface area (Å²) in [5.41, 5.74) is 0.415. The van der Waals surface area contributed by atoms with Crippen molar-refractivity contribution >= 4 is 17.6 Å². The normalized spacial score (nSPS) is 10.5. The molecule has 0 spiro atoms. The number of nitrogens with zero attached hydrogens (tertiary/aromatic N) is 2. The van der Waals surface area contributed by atoms with Crippen LogP contribution in [0.3, 0.4) is 0 Å². The first-order chi connectivity index (χ1) is 7.69. The summed E-state index contributed by atoms with van der Waals surface area (Å²) in [7, 11) is 0. The van der Waals surface area contributed by atoms with E-state index in [1.54, 1.807) is 18.7 Å². The van der Waals surface area contributed by atoms with Gasteiger partial charge in [0.05, 0.1) is 11.4 Å². The second-order valence-electron chi connectivity index (χ2n) is 3.47. The van der Waals surface area contributed by atoms with E-state index >= 15 is 0 Å². The predicted octanol–water partition coefficient (Wildman–Crippen LogP) is 3.00. The van der Waals surface area contributed by atoms with E-state index < -0.39 is 0 Å². The van der Waals surface area contributed by atoms with E-state index in [0.717, 1.165) is 17.9 Å². The number of aryl methyl sites for hydroxylation is 1. The van der Waals surface area contributed by atoms with Gasteiger partial charge in [-0.2, -0.15) is 11.8 Å². The molecule has 3 nitrogen and oxygen atoms in total. The maximum atomic E-state index is 13.6. The zero-order valence-electron chi connectivity index (χ0n) is 10.0. The number of halogens is 1. The summed E-state index contributed by atoms with van der Waals surface area (Å²) in [5, 5.41) is 2.91. The SMILES string of the molecule is CCCSCc1nc(C)c(F)c(NCC)n1. The van der Waals surface area contributed by atoms with E-state index in [1.165, 1.54) is 0 Å². The first kappa shape index (κ1) is 13.2. The summed E-state index contributed by atoms with van der Waals surface area (Å²) >= 11 is 1.77. The topological polar surface area (TPSA) is 37.8 Å². The maximum absolute atomic E-state index is 13.6. The molecule has 5 heteroatoms. The van der Waals surface area contributed by atoms with Crippen molar-refractivity contribution in [3.05, 3.63) is 17.3 Å². The van der Waals surface area contributed by atoms with Crippen LogP contribution in [-0.4, -0.2) is 22.3 Å². The largest absolute Gasteiger partial charge is 0.368 e. The second kappa shape index (κ2) is 6.68. The summed E-state index contributed by atoms with van der Waals surface area (Å²) in [5.74, 6) is 2.51. The molecule has 1 aromatic heterocycles. The van der Waals surface area contributed by atoms with Crippen LogP contribution in [-0.2, 0) is 5.75 Å². The Labute approximate surface area is 100 Å². The second-order valence-corrected chi connectivity index (χ2v) is 4.58. The van der Waals surface area contributed by atoms with E-state index in [1.807, 2.05) is 6.92 Å². The fraction of sp³-hybridized carbons (Fsp3) is 0.636. The zero-order valence-corrected chi connectivity index (χ0v) is 10.8. The minimum Gasteiger partial charge on any atom is -0.368 e. The molecule has 0 saturated carbocycles. The van der Waals surface area contributed by atoms with Gasteiger partial charge >= 0.3 is 0 Å². The molecule has 0 aliphatic heterocycles. The molecule has 0 aliphatic carbocycles. The van der Waals surface area contributed by atoms with Crippen molar-refractivity contribution in [2.75, 3.05) is 17.6 Å². The van der Waals surface area contributed by atoms with Crippen molar-refractivity contribution in [2.24, 2.45) is 0 Å². The number of hydrogen-bond donors (Lipinski definition) is 1. The molecule has 0 saturated heterocycles. The summed E-state index contributed by atoms with van der Waals surface area (Å²) < 4.78 is 13.6. The Balaban J connectivity index is 2.77. The monoisotopic (exact) mass is 243 g/mol. The molecule has 1 N–H and O–H groups in total. The summed E-state index contributed by atoms with van der Waals surface area (Å²) in [6, 6.07) is 0. The molecule has 0 unspecified atom stereocenters. The minimum absolute atomic E-state index is 0.321. The van der Waals surface area contributed by atoms with Crippen molar-refractivity contribution in [3.8, 4) is 0 Å². The fourth-order valence-corrected chi connectivity index (χ4v) is 2.02. The highest BCUT2D eigenvalue weighted by molar-refractivity contribution is 7.98. The molecule has 0 aromatic carbocycles. The molecule has 0 amide bonds. The van der Waals surface area contributed by atoms with Crippen LogP contribution in [0.5, 0.6) is 0 Å². The van der Waals surface area contributed by atoms with Gasteiger partial charge in [0.25, 0.3) is 0 Å². The molecule has 0 radical (unpaired) electrons. The minimum atomic E-state index is -0.342. The van der Waals surface area contributed by atoms with Crippen LogP contribution in [0.4, 0.5) is 10.2 Å². The van der Waals surface area contributed by atoms with Crippen LogP contribution in [0.2, 0.25) is 0 Å². The van der Waals surface area contributed by atoms with Gasteiger partial charge in [-0.15, -0.1) is 0 Å². The Bertz CT molecular complexity index is 344. The molecule has 0 aliphatic rings. The first-order valence-electron chi connectivity index (χ1n) is 5.53. The highest BCUT2D eigenvalue weighted by Crippen LogP contribution is 2.17.